The first-order chi connectivity index (χ1) is 19.2. The zero-order chi connectivity index (χ0) is 32.0. The minimum atomic E-state index is -5.11. The number of alkyl halides is 6. The molecule has 3 amide bonds. The normalized spacial score (nSPS) is 12.9. The van der Waals surface area contributed by atoms with E-state index in [0.717, 1.165) is 0 Å². The number of amides is 3. The summed E-state index contributed by atoms with van der Waals surface area (Å²) in [5.41, 5.74) is -4.81. The summed E-state index contributed by atoms with van der Waals surface area (Å²) in [7, 11) is 0. The molecule has 0 fully saturated rings. The van der Waals surface area contributed by atoms with Gasteiger partial charge in [0, 0.05) is 10.7 Å². The molecule has 15 heteroatoms. The average molecular weight is 626 g/mol. The maximum absolute atomic E-state index is 13.2. The van der Waals surface area contributed by atoms with Gasteiger partial charge < -0.3 is 25.4 Å². The number of halogens is 7. The molecular weight excluding hydrogens is 596 g/mol. The van der Waals surface area contributed by atoms with Crippen molar-refractivity contribution in [1.82, 2.24) is 10.6 Å². The van der Waals surface area contributed by atoms with Gasteiger partial charge in [0.15, 0.2) is 0 Å². The zero-order valence-electron chi connectivity index (χ0n) is 23.2. The number of ether oxygens (including phenoxy) is 2. The predicted octanol–water partition coefficient (Wildman–Crippen LogP) is 6.67. The zero-order valence-corrected chi connectivity index (χ0v) is 24.0. The Morgan fingerprint density at radius 3 is 1.98 bits per heavy atom. The van der Waals surface area contributed by atoms with Crippen LogP contribution in [0.5, 0.6) is 5.75 Å². The molecule has 0 saturated carbocycles. The molecule has 0 radical (unpaired) electrons. The molecule has 0 bridgehead atoms. The Balaban J connectivity index is 2.21. The first-order valence-corrected chi connectivity index (χ1v) is 12.9. The second-order valence-corrected chi connectivity index (χ2v) is 10.8. The van der Waals surface area contributed by atoms with Crippen molar-refractivity contribution in [2.24, 2.45) is 5.92 Å². The number of carbonyl (C=O) groups excluding carboxylic acids is 3. The highest BCUT2D eigenvalue weighted by atomic mass is 35.5. The van der Waals surface area contributed by atoms with Gasteiger partial charge in [-0.2, -0.15) is 26.3 Å². The molecule has 0 aromatic heterocycles. The molecule has 232 valence electrons. The molecule has 1 atom stereocenters. The van der Waals surface area contributed by atoms with Gasteiger partial charge in [-0.25, -0.2) is 4.79 Å². The van der Waals surface area contributed by atoms with E-state index in [4.69, 9.17) is 21.1 Å². The van der Waals surface area contributed by atoms with Gasteiger partial charge in [-0.3, -0.25) is 9.59 Å². The minimum Gasteiger partial charge on any atom is -0.491 e. The van der Waals surface area contributed by atoms with E-state index in [0.29, 0.717) is 12.1 Å². The van der Waals surface area contributed by atoms with Gasteiger partial charge in [-0.15, -0.1) is 0 Å². The molecule has 8 nitrogen and oxygen atoms in total. The van der Waals surface area contributed by atoms with Crippen LogP contribution in [0.3, 0.4) is 0 Å². The standard InChI is InChI=1S/C27H30ClF6N3O5/c1-14(2)21(23(39)36-18-11-15(26(29,30)31)10-16(12-18)27(32,33)34)37-22(38)19-13-17(28)6-7-20(19)41-9-8-35-24(40)42-25(3,4)5/h6-7,10-14,21H,8-9H2,1-5H3,(H,35,40)(H,36,39)(H,37,38)/t21-/m0/s1. The maximum atomic E-state index is 13.2. The topological polar surface area (TPSA) is 106 Å². The number of benzene rings is 2. The van der Waals surface area contributed by atoms with E-state index in [1.165, 1.54) is 32.0 Å². The summed E-state index contributed by atoms with van der Waals surface area (Å²) in [5, 5.41) is 7.06. The molecule has 2 rings (SSSR count). The van der Waals surface area contributed by atoms with Crippen molar-refractivity contribution >= 4 is 35.2 Å². The lowest BCUT2D eigenvalue weighted by atomic mass is 10.0. The monoisotopic (exact) mass is 625 g/mol. The van der Waals surface area contributed by atoms with Crippen LogP contribution < -0.4 is 20.7 Å². The Bertz CT molecular complexity index is 1260. The van der Waals surface area contributed by atoms with Crippen molar-refractivity contribution in [3.8, 4) is 5.75 Å². The molecule has 0 heterocycles. The summed E-state index contributed by atoms with van der Waals surface area (Å²) in [4.78, 5) is 37.9. The Hall–Kier alpha value is -3.68. The quantitative estimate of drug-likeness (QED) is 0.213. The smallest absolute Gasteiger partial charge is 0.416 e. The van der Waals surface area contributed by atoms with E-state index >= 15 is 0 Å². The second-order valence-electron chi connectivity index (χ2n) is 10.4. The molecule has 2 aromatic carbocycles. The van der Waals surface area contributed by atoms with Crippen LogP contribution in [-0.2, 0) is 21.9 Å². The van der Waals surface area contributed by atoms with Gasteiger partial charge in [0.2, 0.25) is 5.91 Å². The highest BCUT2D eigenvalue weighted by Crippen LogP contribution is 2.37. The van der Waals surface area contributed by atoms with E-state index in [2.05, 4.69) is 10.6 Å². The molecule has 2 aromatic rings. The van der Waals surface area contributed by atoms with Crippen LogP contribution in [-0.4, -0.2) is 42.7 Å². The highest BCUT2D eigenvalue weighted by molar-refractivity contribution is 6.31. The van der Waals surface area contributed by atoms with E-state index < -0.39 is 64.6 Å². The van der Waals surface area contributed by atoms with Crippen LogP contribution >= 0.6 is 11.6 Å². The lowest BCUT2D eigenvalue weighted by Gasteiger charge is -2.23. The molecule has 0 spiro atoms. The fourth-order valence-corrected chi connectivity index (χ4v) is 3.61. The molecule has 3 N–H and O–H groups in total. The SMILES string of the molecule is CC(C)[C@H](NC(=O)c1cc(Cl)ccc1OCCNC(=O)OC(C)(C)C)C(=O)Nc1cc(C(F)(F)F)cc(C(F)(F)F)c1. The lowest BCUT2D eigenvalue weighted by Crippen LogP contribution is -2.47. The molecular formula is C27H30ClF6N3O5. The summed E-state index contributed by atoms with van der Waals surface area (Å²) in [6.07, 6.45) is -10.9. The molecule has 42 heavy (non-hydrogen) atoms. The predicted molar refractivity (Wildman–Crippen MR) is 142 cm³/mol. The van der Waals surface area contributed by atoms with Crippen LogP contribution in [0, 0.1) is 5.92 Å². The van der Waals surface area contributed by atoms with Crippen molar-refractivity contribution in [2.75, 3.05) is 18.5 Å². The minimum absolute atomic E-state index is 0.00648. The number of anilines is 1. The number of carbonyl (C=O) groups is 3. The maximum Gasteiger partial charge on any atom is 0.416 e. The van der Waals surface area contributed by atoms with Crippen molar-refractivity contribution in [3.05, 3.63) is 58.1 Å². The van der Waals surface area contributed by atoms with Gasteiger partial charge in [-0.05, 0) is 63.1 Å². The van der Waals surface area contributed by atoms with Crippen LogP contribution in [0.15, 0.2) is 36.4 Å². The third-order valence-corrected chi connectivity index (χ3v) is 5.54. The number of hydrogen-bond acceptors (Lipinski definition) is 5. The first kappa shape index (κ1) is 34.5. The number of nitrogens with one attached hydrogen (secondary N) is 3. The Morgan fingerprint density at radius 1 is 0.905 bits per heavy atom. The van der Waals surface area contributed by atoms with Crippen LogP contribution in [0.25, 0.3) is 0 Å². The van der Waals surface area contributed by atoms with E-state index in [9.17, 15) is 40.7 Å². The molecule has 0 aliphatic rings. The number of rotatable bonds is 9. The summed E-state index contributed by atoms with van der Waals surface area (Å²) in [6.45, 7) is 7.99. The molecule has 0 aliphatic heterocycles. The first-order valence-electron chi connectivity index (χ1n) is 12.5. The van der Waals surface area contributed by atoms with Crippen LogP contribution in [0.4, 0.5) is 36.8 Å². The van der Waals surface area contributed by atoms with Crippen molar-refractivity contribution in [2.45, 2.75) is 58.6 Å². The van der Waals surface area contributed by atoms with Gasteiger partial charge in [0.05, 0.1) is 23.2 Å². The summed E-state index contributed by atoms with van der Waals surface area (Å²) in [6, 6.07) is 3.30. The summed E-state index contributed by atoms with van der Waals surface area (Å²) < 4.78 is 90.0. The Labute approximate surface area is 243 Å². The Kier molecular flexibility index (Phi) is 11.1. The van der Waals surface area contributed by atoms with Gasteiger partial charge >= 0.3 is 18.4 Å². The molecule has 0 saturated heterocycles. The fraction of sp³-hybridized carbons (Fsp3) is 0.444. The van der Waals surface area contributed by atoms with Gasteiger partial charge in [-0.1, -0.05) is 25.4 Å². The fourth-order valence-electron chi connectivity index (χ4n) is 3.43. The Morgan fingerprint density at radius 2 is 1.48 bits per heavy atom. The highest BCUT2D eigenvalue weighted by Gasteiger charge is 2.37. The van der Waals surface area contributed by atoms with Crippen molar-refractivity contribution in [3.63, 3.8) is 0 Å². The van der Waals surface area contributed by atoms with Crippen molar-refractivity contribution < 1.29 is 50.2 Å². The third kappa shape index (κ3) is 10.6. The largest absolute Gasteiger partial charge is 0.491 e. The lowest BCUT2D eigenvalue weighted by molar-refractivity contribution is -0.143. The molecule has 0 unspecified atom stereocenters. The van der Waals surface area contributed by atoms with Crippen LogP contribution in [0.1, 0.15) is 56.1 Å². The molecule has 0 aliphatic carbocycles. The van der Waals surface area contributed by atoms with E-state index in [1.54, 1.807) is 20.8 Å². The average Bonchev–Trinajstić information content (AvgIpc) is 2.83. The third-order valence-electron chi connectivity index (χ3n) is 5.31. The number of alkyl carbamates (subject to hydrolysis) is 1. The van der Waals surface area contributed by atoms with Gasteiger partial charge in [0.25, 0.3) is 5.91 Å². The van der Waals surface area contributed by atoms with E-state index in [1.807, 2.05) is 5.32 Å². The second kappa shape index (κ2) is 13.5. The van der Waals surface area contributed by atoms with E-state index in [-0.39, 0.29) is 35.6 Å². The van der Waals surface area contributed by atoms with Crippen LogP contribution in [0.2, 0.25) is 5.02 Å². The van der Waals surface area contributed by atoms with Gasteiger partial charge in [0.1, 0.15) is 24.0 Å². The van der Waals surface area contributed by atoms with Crippen molar-refractivity contribution in [1.29, 1.82) is 0 Å². The number of hydrogen-bond donors (Lipinski definition) is 3. The summed E-state index contributed by atoms with van der Waals surface area (Å²) >= 11 is 6.03. The summed E-state index contributed by atoms with van der Waals surface area (Å²) in [5.74, 6) is -2.54.